The molecule has 1 saturated carbocycles. The van der Waals surface area contributed by atoms with Crippen molar-refractivity contribution in [2.75, 3.05) is 26.8 Å². The summed E-state index contributed by atoms with van der Waals surface area (Å²) in [4.78, 5) is 39.8. The van der Waals surface area contributed by atoms with Crippen LogP contribution in [0.2, 0.25) is 0 Å². The van der Waals surface area contributed by atoms with Gasteiger partial charge in [-0.05, 0) is 43.4 Å². The Balaban J connectivity index is 1.78. The first-order valence-corrected chi connectivity index (χ1v) is 12.2. The lowest BCUT2D eigenvalue weighted by Gasteiger charge is -2.41. The van der Waals surface area contributed by atoms with Gasteiger partial charge in [0.15, 0.2) is 11.5 Å². The molecule has 0 aromatic heterocycles. The van der Waals surface area contributed by atoms with Gasteiger partial charge in [0, 0.05) is 35.7 Å². The number of amides is 2. The summed E-state index contributed by atoms with van der Waals surface area (Å²) in [6.45, 7) is 4.44. The van der Waals surface area contributed by atoms with Gasteiger partial charge < -0.3 is 29.9 Å². The highest BCUT2D eigenvalue weighted by Gasteiger charge is 2.52. The van der Waals surface area contributed by atoms with Crippen molar-refractivity contribution in [3.05, 3.63) is 34.9 Å². The minimum Gasteiger partial charge on any atom is -0.493 e. The van der Waals surface area contributed by atoms with Crippen LogP contribution in [0.1, 0.15) is 54.9 Å². The number of aliphatic hydroxyl groups excluding tert-OH is 2. The maximum atomic E-state index is 13.3. The van der Waals surface area contributed by atoms with Gasteiger partial charge in [0.25, 0.3) is 0 Å². The molecule has 0 bridgehead atoms. The number of carbonyl (C=O) groups is 3. The Hall–Kier alpha value is -2.91. The van der Waals surface area contributed by atoms with E-state index < -0.39 is 30.1 Å². The van der Waals surface area contributed by atoms with E-state index in [1.165, 1.54) is 7.11 Å². The lowest BCUT2D eigenvalue weighted by Crippen LogP contribution is -2.56. The van der Waals surface area contributed by atoms with Crippen molar-refractivity contribution in [1.29, 1.82) is 0 Å². The van der Waals surface area contributed by atoms with Crippen molar-refractivity contribution in [2.24, 2.45) is 11.8 Å². The third kappa shape index (κ3) is 4.92. The zero-order chi connectivity index (χ0) is 25.3. The van der Waals surface area contributed by atoms with Crippen molar-refractivity contribution >= 4 is 18.1 Å². The molecule has 9 nitrogen and oxygen atoms in total. The Kier molecular flexibility index (Phi) is 7.47. The highest BCUT2D eigenvalue weighted by Crippen LogP contribution is 2.51. The fraction of sp³-hybridized carbons (Fsp3) is 0.577. The number of methoxy groups -OCH3 is 1. The standard InChI is InChI=1S/C26H34N2O7/c1-14(2)6-8-28(26(33)16-4-5-16)19-12-18(25(32)27-7-9-29)21-17-10-15(13-30)11-20(34-3)23(17)35-24(21)22(19)31/h10-14,16,19,21-22,24,29,31H,4-9H2,1-3H3,(H,27,32)/t19-,21+,22+,24+/m1/s1. The van der Waals surface area contributed by atoms with Gasteiger partial charge in [0.05, 0.1) is 25.7 Å². The molecule has 2 aliphatic carbocycles. The number of aliphatic hydroxyl groups is 2. The van der Waals surface area contributed by atoms with E-state index >= 15 is 0 Å². The number of nitrogens with one attached hydrogen (secondary N) is 1. The minimum absolute atomic E-state index is 0.0177. The molecule has 1 aromatic rings. The first-order valence-electron chi connectivity index (χ1n) is 12.2. The largest absolute Gasteiger partial charge is 0.493 e. The fourth-order valence-electron chi connectivity index (χ4n) is 4.93. The molecule has 190 valence electrons. The number of hydrogen-bond donors (Lipinski definition) is 3. The van der Waals surface area contributed by atoms with Crippen molar-refractivity contribution in [2.45, 2.75) is 57.3 Å². The highest BCUT2D eigenvalue weighted by molar-refractivity contribution is 5.96. The summed E-state index contributed by atoms with van der Waals surface area (Å²) in [6.07, 6.45) is 2.82. The quantitative estimate of drug-likeness (QED) is 0.427. The average molecular weight is 487 g/mol. The Morgan fingerprint density at radius 2 is 2.06 bits per heavy atom. The first kappa shape index (κ1) is 25.2. The third-order valence-corrected chi connectivity index (χ3v) is 6.93. The summed E-state index contributed by atoms with van der Waals surface area (Å²) in [7, 11) is 1.46. The van der Waals surface area contributed by atoms with Gasteiger partial charge in [0.2, 0.25) is 11.8 Å². The van der Waals surface area contributed by atoms with Crippen molar-refractivity contribution in [3.63, 3.8) is 0 Å². The Morgan fingerprint density at radius 3 is 2.66 bits per heavy atom. The summed E-state index contributed by atoms with van der Waals surface area (Å²) in [6, 6.07) is 2.44. The summed E-state index contributed by atoms with van der Waals surface area (Å²) in [5.41, 5.74) is 1.27. The first-order chi connectivity index (χ1) is 16.8. The SMILES string of the molecule is COc1cc(C=O)cc2c1O[C@@H]1[C@@H](O)[C@H](N(CCC(C)C)C(=O)C3CC3)C=C(C(=O)NCCO)[C@H]21. The van der Waals surface area contributed by atoms with Crippen LogP contribution in [0.5, 0.6) is 11.5 Å². The molecule has 1 heterocycles. The molecule has 35 heavy (non-hydrogen) atoms. The number of ether oxygens (including phenoxy) is 2. The monoisotopic (exact) mass is 486 g/mol. The van der Waals surface area contributed by atoms with Gasteiger partial charge in [-0.1, -0.05) is 13.8 Å². The fourth-order valence-corrected chi connectivity index (χ4v) is 4.93. The molecule has 0 spiro atoms. The van der Waals surface area contributed by atoms with Crippen LogP contribution in [-0.2, 0) is 9.59 Å². The van der Waals surface area contributed by atoms with E-state index in [9.17, 15) is 24.6 Å². The van der Waals surface area contributed by atoms with E-state index in [0.29, 0.717) is 46.9 Å². The number of fused-ring (bicyclic) bond motifs is 3. The summed E-state index contributed by atoms with van der Waals surface area (Å²) < 4.78 is 11.6. The number of carbonyl (C=O) groups excluding carboxylic acids is 3. The van der Waals surface area contributed by atoms with E-state index in [0.717, 1.165) is 19.3 Å². The molecule has 4 atom stereocenters. The van der Waals surface area contributed by atoms with Crippen LogP contribution < -0.4 is 14.8 Å². The minimum atomic E-state index is -1.10. The van der Waals surface area contributed by atoms with E-state index in [1.807, 2.05) is 0 Å². The Morgan fingerprint density at radius 1 is 1.31 bits per heavy atom. The zero-order valence-electron chi connectivity index (χ0n) is 20.4. The van der Waals surface area contributed by atoms with Crippen LogP contribution in [0.3, 0.4) is 0 Å². The highest BCUT2D eigenvalue weighted by atomic mass is 16.5. The summed E-state index contributed by atoms with van der Waals surface area (Å²) in [5, 5.41) is 23.4. The Bertz CT molecular complexity index is 1020. The summed E-state index contributed by atoms with van der Waals surface area (Å²) in [5.74, 6) is -0.0843. The van der Waals surface area contributed by atoms with E-state index in [1.54, 1.807) is 23.1 Å². The van der Waals surface area contributed by atoms with Crippen LogP contribution in [0, 0.1) is 11.8 Å². The molecule has 3 aliphatic rings. The normalized spacial score (nSPS) is 24.7. The maximum Gasteiger partial charge on any atom is 0.247 e. The van der Waals surface area contributed by atoms with Gasteiger partial charge in [0.1, 0.15) is 18.5 Å². The van der Waals surface area contributed by atoms with Crippen molar-refractivity contribution in [1.82, 2.24) is 10.2 Å². The van der Waals surface area contributed by atoms with E-state index in [4.69, 9.17) is 9.47 Å². The van der Waals surface area contributed by atoms with E-state index in [2.05, 4.69) is 19.2 Å². The van der Waals surface area contributed by atoms with E-state index in [-0.39, 0.29) is 25.0 Å². The zero-order valence-corrected chi connectivity index (χ0v) is 20.4. The lowest BCUT2D eigenvalue weighted by atomic mass is 9.77. The molecule has 1 fully saturated rings. The predicted molar refractivity (Wildman–Crippen MR) is 127 cm³/mol. The molecule has 3 N–H and O–H groups in total. The molecular formula is C26H34N2O7. The molecule has 2 amide bonds. The van der Waals surface area contributed by atoms with Gasteiger partial charge in [-0.25, -0.2) is 0 Å². The second-order valence-corrected chi connectivity index (χ2v) is 9.89. The van der Waals surface area contributed by atoms with Crippen LogP contribution in [-0.4, -0.2) is 78.3 Å². The van der Waals surface area contributed by atoms with Crippen molar-refractivity contribution < 1.29 is 34.1 Å². The topological polar surface area (TPSA) is 125 Å². The summed E-state index contributed by atoms with van der Waals surface area (Å²) >= 11 is 0. The smallest absolute Gasteiger partial charge is 0.247 e. The molecule has 9 heteroatoms. The number of benzene rings is 1. The maximum absolute atomic E-state index is 13.3. The number of aldehydes is 1. The molecule has 0 radical (unpaired) electrons. The van der Waals surface area contributed by atoms with Crippen molar-refractivity contribution in [3.8, 4) is 11.5 Å². The number of rotatable bonds is 10. The lowest BCUT2D eigenvalue weighted by molar-refractivity contribution is -0.138. The van der Waals surface area contributed by atoms with Gasteiger partial charge in [-0.15, -0.1) is 0 Å². The molecule has 4 rings (SSSR count). The molecule has 0 saturated heterocycles. The van der Waals surface area contributed by atoms with Gasteiger partial charge in [-0.2, -0.15) is 0 Å². The molecular weight excluding hydrogens is 452 g/mol. The van der Waals surface area contributed by atoms with Crippen LogP contribution >= 0.6 is 0 Å². The van der Waals surface area contributed by atoms with Gasteiger partial charge >= 0.3 is 0 Å². The molecule has 1 aromatic carbocycles. The second-order valence-electron chi connectivity index (χ2n) is 9.89. The van der Waals surface area contributed by atoms with Crippen LogP contribution in [0.25, 0.3) is 0 Å². The molecule has 1 aliphatic heterocycles. The van der Waals surface area contributed by atoms with Gasteiger partial charge in [-0.3, -0.25) is 14.4 Å². The predicted octanol–water partition coefficient (Wildman–Crippen LogP) is 1.41. The second kappa shape index (κ2) is 10.4. The third-order valence-electron chi connectivity index (χ3n) is 6.93. The van der Waals surface area contributed by atoms with Crippen LogP contribution in [0.4, 0.5) is 0 Å². The number of nitrogens with zero attached hydrogens (tertiary/aromatic N) is 1. The number of hydrogen-bond acceptors (Lipinski definition) is 7. The average Bonchev–Trinajstić information content (AvgIpc) is 3.63. The Labute approximate surface area is 205 Å². The van der Waals surface area contributed by atoms with Crippen LogP contribution in [0.15, 0.2) is 23.8 Å². The molecule has 0 unspecified atom stereocenters.